The van der Waals surface area contributed by atoms with Crippen molar-refractivity contribution in [3.8, 4) is 5.75 Å². The average molecular weight is 747 g/mol. The van der Waals surface area contributed by atoms with Crippen LogP contribution in [-0.2, 0) is 22.0 Å². The summed E-state index contributed by atoms with van der Waals surface area (Å²) in [5.41, 5.74) is 2.42. The Balaban J connectivity index is 1.11. The molecule has 0 aromatic heterocycles. The Labute approximate surface area is 301 Å². The maximum atomic E-state index is 13.4. The zero-order valence-electron chi connectivity index (χ0n) is 29.8. The van der Waals surface area contributed by atoms with E-state index in [0.29, 0.717) is 55.7 Å². The molecule has 2 aliphatic heterocycles. The molecule has 2 saturated carbocycles. The first-order chi connectivity index (χ1) is 24.3. The van der Waals surface area contributed by atoms with Crippen molar-refractivity contribution in [3.05, 3.63) is 29.3 Å². The van der Waals surface area contributed by atoms with Crippen molar-refractivity contribution in [1.29, 1.82) is 0 Å². The lowest BCUT2D eigenvalue weighted by atomic mass is 9.52. The number of piperidine rings is 1. The number of aliphatic hydroxyl groups excluding tert-OH is 1. The molecular formula is C38H55F5N2O5S. The quantitative estimate of drug-likeness (QED) is 0.209. The highest BCUT2D eigenvalue weighted by molar-refractivity contribution is 7.84. The van der Waals surface area contributed by atoms with Crippen molar-refractivity contribution >= 4 is 16.9 Å². The Hall–Kier alpha value is -1.83. The normalized spacial score (nSPS) is 30.9. The standard InChI is InChI=1S/C38H55F5N2O5S/c1-36-15-11-31-30-8-7-29(50-35(47)45-18-12-28(13-19-45)44-16-2-3-17-44)25-27(30)24-26(34(31)32(36)9-10-33(36)49-21-20-46)6-4-22-51(48)23-5-14-37(39,40)38(41,42)43/h7-8,25-26,28,31-34,46H,2-6,9-24H2,1H3/t26-,31-,32+,33+,34-,36+,51?/m1/s1. The van der Waals surface area contributed by atoms with E-state index in [1.807, 2.05) is 17.0 Å². The van der Waals surface area contributed by atoms with Crippen LogP contribution in [0.2, 0.25) is 0 Å². The van der Waals surface area contributed by atoms with Crippen LogP contribution < -0.4 is 4.74 Å². The Kier molecular flexibility index (Phi) is 12.4. The van der Waals surface area contributed by atoms with Crippen molar-refractivity contribution in [3.63, 3.8) is 0 Å². The summed E-state index contributed by atoms with van der Waals surface area (Å²) in [7, 11) is -1.49. The van der Waals surface area contributed by atoms with Crippen LogP contribution in [0.1, 0.15) is 101 Å². The van der Waals surface area contributed by atoms with Gasteiger partial charge in [-0.25, -0.2) is 4.79 Å². The van der Waals surface area contributed by atoms with Crippen LogP contribution in [0.3, 0.4) is 0 Å². The molecule has 1 unspecified atom stereocenters. The fourth-order valence-corrected chi connectivity index (χ4v) is 11.6. The third kappa shape index (κ3) is 8.62. The lowest BCUT2D eigenvalue weighted by molar-refractivity contribution is -0.284. The van der Waals surface area contributed by atoms with Gasteiger partial charge in [0.05, 0.1) is 19.3 Å². The molecule has 7 nitrogen and oxygen atoms in total. The third-order valence-corrected chi connectivity index (χ3v) is 14.5. The fourth-order valence-electron chi connectivity index (χ4n) is 10.4. The molecule has 1 aromatic carbocycles. The highest BCUT2D eigenvalue weighted by Crippen LogP contribution is 2.63. The number of halogens is 5. The first-order valence-corrected chi connectivity index (χ1v) is 20.6. The predicted octanol–water partition coefficient (Wildman–Crippen LogP) is 7.71. The first kappa shape index (κ1) is 38.9. The summed E-state index contributed by atoms with van der Waals surface area (Å²) in [5, 5.41) is 9.45. The van der Waals surface area contributed by atoms with E-state index in [1.54, 1.807) is 0 Å². The number of carbonyl (C=O) groups is 1. The molecule has 0 radical (unpaired) electrons. The number of alkyl halides is 5. The van der Waals surface area contributed by atoms with E-state index < -0.39 is 35.7 Å². The van der Waals surface area contributed by atoms with Crippen LogP contribution in [0.25, 0.3) is 0 Å². The van der Waals surface area contributed by atoms with Crippen molar-refractivity contribution in [2.75, 3.05) is 50.9 Å². The van der Waals surface area contributed by atoms with Crippen molar-refractivity contribution < 1.29 is 45.5 Å². The van der Waals surface area contributed by atoms with E-state index in [2.05, 4.69) is 17.9 Å². The summed E-state index contributed by atoms with van der Waals surface area (Å²) in [4.78, 5) is 17.6. The van der Waals surface area contributed by atoms with E-state index >= 15 is 0 Å². The molecule has 2 saturated heterocycles. The Morgan fingerprint density at radius 3 is 2.43 bits per heavy atom. The number of rotatable bonds is 13. The number of nitrogens with zero attached hydrogens (tertiary/aromatic N) is 2. The Bertz CT molecular complexity index is 1370. The largest absolute Gasteiger partial charge is 0.453 e. The minimum Gasteiger partial charge on any atom is -0.410 e. The van der Waals surface area contributed by atoms with Gasteiger partial charge in [-0.3, -0.25) is 4.21 Å². The topological polar surface area (TPSA) is 79.3 Å². The average Bonchev–Trinajstić information content (AvgIpc) is 3.75. The molecule has 0 bridgehead atoms. The molecule has 7 atom stereocenters. The molecule has 0 spiro atoms. The summed E-state index contributed by atoms with van der Waals surface area (Å²) in [6.45, 7) is 6.28. The number of hydrogen-bond acceptors (Lipinski definition) is 6. The summed E-state index contributed by atoms with van der Waals surface area (Å²) >= 11 is 0. The molecule has 5 aliphatic rings. The van der Waals surface area contributed by atoms with E-state index in [-0.39, 0.29) is 41.6 Å². The van der Waals surface area contributed by atoms with E-state index in [9.17, 15) is 36.1 Å². The minimum atomic E-state index is -5.60. The van der Waals surface area contributed by atoms with Crippen LogP contribution in [0.15, 0.2) is 18.2 Å². The molecule has 13 heteroatoms. The molecule has 3 aliphatic carbocycles. The molecule has 288 valence electrons. The molecule has 4 fully saturated rings. The Morgan fingerprint density at radius 2 is 1.73 bits per heavy atom. The molecule has 1 amide bonds. The second-order valence-electron chi connectivity index (χ2n) is 15.9. The maximum Gasteiger partial charge on any atom is 0.453 e. The smallest absolute Gasteiger partial charge is 0.410 e. The van der Waals surface area contributed by atoms with E-state index in [0.717, 1.165) is 70.0 Å². The van der Waals surface area contributed by atoms with Gasteiger partial charge in [0.15, 0.2) is 0 Å². The first-order valence-electron chi connectivity index (χ1n) is 19.2. The molecule has 51 heavy (non-hydrogen) atoms. The van der Waals surface area contributed by atoms with Gasteiger partial charge in [0, 0.05) is 47.9 Å². The van der Waals surface area contributed by atoms with Crippen molar-refractivity contribution in [2.45, 2.75) is 121 Å². The van der Waals surface area contributed by atoms with Gasteiger partial charge in [-0.05, 0) is 142 Å². The van der Waals surface area contributed by atoms with Gasteiger partial charge in [0.25, 0.3) is 0 Å². The number of amides is 1. The highest BCUT2D eigenvalue weighted by atomic mass is 32.2. The summed E-state index contributed by atoms with van der Waals surface area (Å²) < 4.78 is 89.3. The zero-order chi connectivity index (χ0) is 36.4. The van der Waals surface area contributed by atoms with Crippen LogP contribution in [-0.4, -0.2) is 100 Å². The number of benzene rings is 1. The molecule has 6 rings (SSSR count). The van der Waals surface area contributed by atoms with Crippen LogP contribution in [0.4, 0.5) is 26.7 Å². The summed E-state index contributed by atoms with van der Waals surface area (Å²) in [6.07, 6.45) is 2.81. The van der Waals surface area contributed by atoms with Gasteiger partial charge in [-0.15, -0.1) is 0 Å². The number of fused-ring (bicyclic) bond motifs is 5. The highest BCUT2D eigenvalue weighted by Gasteiger charge is 2.58. The Morgan fingerprint density at radius 1 is 1.00 bits per heavy atom. The maximum absolute atomic E-state index is 13.4. The second kappa shape index (κ2) is 16.3. The van der Waals surface area contributed by atoms with Gasteiger partial charge >= 0.3 is 18.2 Å². The second-order valence-corrected chi connectivity index (χ2v) is 17.6. The van der Waals surface area contributed by atoms with Gasteiger partial charge in [-0.2, -0.15) is 22.0 Å². The van der Waals surface area contributed by atoms with Crippen LogP contribution in [0, 0.1) is 23.2 Å². The summed E-state index contributed by atoms with van der Waals surface area (Å²) in [6, 6.07) is 6.61. The van der Waals surface area contributed by atoms with E-state index in [1.165, 1.54) is 18.4 Å². The van der Waals surface area contributed by atoms with Crippen molar-refractivity contribution in [1.82, 2.24) is 9.80 Å². The number of carbonyl (C=O) groups excluding carboxylic acids is 1. The van der Waals surface area contributed by atoms with Gasteiger partial charge < -0.3 is 24.4 Å². The van der Waals surface area contributed by atoms with Crippen LogP contribution >= 0.6 is 0 Å². The third-order valence-electron chi connectivity index (χ3n) is 13.0. The number of aliphatic hydroxyl groups is 1. The lowest BCUT2D eigenvalue weighted by Crippen LogP contribution is -2.48. The minimum absolute atomic E-state index is 0.0198. The zero-order valence-corrected chi connectivity index (χ0v) is 30.6. The molecule has 2 heterocycles. The lowest BCUT2D eigenvalue weighted by Gasteiger charge is -2.53. The SMILES string of the molecule is C[C@]12CC[C@@H]3c4ccc(OC(=O)N5CCC(N6CCCC6)CC5)cc4C[C@@H](CCCS(=O)CCCC(F)(F)C(F)(F)F)[C@H]3[C@@H]1CC[C@@H]2OCCO. The van der Waals surface area contributed by atoms with Gasteiger partial charge in [0.1, 0.15) is 5.75 Å². The van der Waals surface area contributed by atoms with Crippen molar-refractivity contribution in [2.24, 2.45) is 23.2 Å². The van der Waals surface area contributed by atoms with Gasteiger partial charge in [-0.1, -0.05) is 13.0 Å². The molecule has 1 aromatic rings. The monoisotopic (exact) mass is 746 g/mol. The summed E-state index contributed by atoms with van der Waals surface area (Å²) in [5.74, 6) is -2.86. The van der Waals surface area contributed by atoms with Gasteiger partial charge in [0.2, 0.25) is 0 Å². The number of hydrogen-bond donors (Lipinski definition) is 1. The van der Waals surface area contributed by atoms with Crippen LogP contribution in [0.5, 0.6) is 5.75 Å². The molecular weight excluding hydrogens is 691 g/mol. The molecule has 1 N–H and O–H groups in total. The van der Waals surface area contributed by atoms with E-state index in [4.69, 9.17) is 9.47 Å². The number of ether oxygens (including phenoxy) is 2. The number of likely N-dealkylation sites (tertiary alicyclic amines) is 2. The predicted molar refractivity (Wildman–Crippen MR) is 186 cm³/mol. The fraction of sp³-hybridized carbons (Fsp3) is 0.816.